The van der Waals surface area contributed by atoms with E-state index in [1.54, 1.807) is 0 Å². The fourth-order valence-electron chi connectivity index (χ4n) is 4.27. The van der Waals surface area contributed by atoms with E-state index >= 15 is 0 Å². The van der Waals surface area contributed by atoms with Crippen LogP contribution >= 0.6 is 0 Å². The van der Waals surface area contributed by atoms with Crippen molar-refractivity contribution in [3.8, 4) is 0 Å². The Morgan fingerprint density at radius 1 is 0.571 bits per heavy atom. The van der Waals surface area contributed by atoms with Crippen LogP contribution in [0.15, 0.2) is 0 Å². The van der Waals surface area contributed by atoms with Crippen molar-refractivity contribution in [2.24, 2.45) is 5.92 Å². The van der Waals surface area contributed by atoms with Crippen LogP contribution < -0.4 is 0 Å². The predicted octanol–water partition coefficient (Wildman–Crippen LogP) is 5.03. The largest absolute Gasteiger partial charge is 0.504 e. The summed E-state index contributed by atoms with van der Waals surface area (Å²) in [5, 5.41) is 0. The van der Waals surface area contributed by atoms with Gasteiger partial charge in [0.15, 0.2) is 0 Å². The molecule has 1 rings (SSSR count). The van der Waals surface area contributed by atoms with Crippen LogP contribution in [0.4, 0.5) is 0 Å². The van der Waals surface area contributed by atoms with Gasteiger partial charge in [-0.1, -0.05) is 12.8 Å². The summed E-state index contributed by atoms with van der Waals surface area (Å²) in [6, 6.07) is 0.906. The van der Waals surface area contributed by atoms with Crippen molar-refractivity contribution in [3.05, 3.63) is 0 Å². The second kappa shape index (κ2) is 14.2. The Morgan fingerprint density at radius 3 is 1.32 bits per heavy atom. The van der Waals surface area contributed by atoms with Gasteiger partial charge in [0.25, 0.3) is 0 Å². The van der Waals surface area contributed by atoms with E-state index < -0.39 is 17.6 Å². The van der Waals surface area contributed by atoms with Crippen LogP contribution in [0.5, 0.6) is 0 Å². The van der Waals surface area contributed by atoms with Crippen LogP contribution in [-0.2, 0) is 26.6 Å². The quantitative estimate of drug-likeness (QED) is 0.316. The zero-order chi connectivity index (χ0) is 20.9. The minimum Gasteiger partial charge on any atom is -0.374 e. The molecule has 8 heteroatoms. The molecule has 0 heterocycles. The molecule has 0 N–H and O–H groups in total. The second-order valence-electron chi connectivity index (χ2n) is 7.14. The van der Waals surface area contributed by atoms with Gasteiger partial charge in [0, 0.05) is 51.2 Å². The minimum atomic E-state index is -2.59. The third-order valence-electron chi connectivity index (χ3n) is 5.33. The van der Waals surface area contributed by atoms with Crippen LogP contribution in [0.3, 0.4) is 0 Å². The fourth-order valence-corrected chi connectivity index (χ4v) is 10.2. The van der Waals surface area contributed by atoms with E-state index in [-0.39, 0.29) is 0 Å². The summed E-state index contributed by atoms with van der Waals surface area (Å²) in [6.45, 7) is 16.0. The molecular formula is C20H44O6Si2. The molecule has 1 saturated carbocycles. The Balaban J connectivity index is 2.66. The average molecular weight is 437 g/mol. The molecule has 0 amide bonds. The SMILES string of the molecule is CCO[Si](CCC1CCC([Si](OCC)(OCC)OCC)CC1)(OCC)OCC. The average Bonchev–Trinajstić information content (AvgIpc) is 2.68. The van der Waals surface area contributed by atoms with E-state index in [2.05, 4.69) is 0 Å². The number of hydrogen-bond acceptors (Lipinski definition) is 6. The van der Waals surface area contributed by atoms with Crippen LogP contribution in [-0.4, -0.2) is 57.3 Å². The molecule has 0 atom stereocenters. The Kier molecular flexibility index (Phi) is 13.3. The Labute approximate surface area is 175 Å². The van der Waals surface area contributed by atoms with E-state index in [0.29, 0.717) is 51.1 Å². The minimum absolute atomic E-state index is 0.413. The topological polar surface area (TPSA) is 55.4 Å². The van der Waals surface area contributed by atoms with Crippen molar-refractivity contribution < 1.29 is 26.6 Å². The Hall–Kier alpha value is 0.194. The van der Waals surface area contributed by atoms with Crippen molar-refractivity contribution in [3.63, 3.8) is 0 Å². The van der Waals surface area contributed by atoms with Crippen molar-refractivity contribution in [1.29, 1.82) is 0 Å². The van der Waals surface area contributed by atoms with Gasteiger partial charge in [-0.05, 0) is 66.7 Å². The van der Waals surface area contributed by atoms with E-state index in [1.807, 2.05) is 41.5 Å². The predicted molar refractivity (Wildman–Crippen MR) is 116 cm³/mol. The van der Waals surface area contributed by atoms with Crippen LogP contribution in [0.1, 0.15) is 73.6 Å². The van der Waals surface area contributed by atoms with Gasteiger partial charge in [0.05, 0.1) is 0 Å². The molecule has 0 spiro atoms. The molecule has 6 nitrogen and oxygen atoms in total. The van der Waals surface area contributed by atoms with Crippen molar-refractivity contribution >= 4 is 17.6 Å². The summed E-state index contributed by atoms with van der Waals surface area (Å²) >= 11 is 0. The molecule has 168 valence electrons. The lowest BCUT2D eigenvalue weighted by molar-refractivity contribution is 0.0523. The third-order valence-corrected chi connectivity index (χ3v) is 12.1. The van der Waals surface area contributed by atoms with Crippen molar-refractivity contribution in [2.75, 3.05) is 39.6 Å². The molecule has 0 aromatic rings. The second-order valence-corrected chi connectivity index (χ2v) is 12.8. The number of rotatable bonds is 16. The fraction of sp³-hybridized carbons (Fsp3) is 1.00. The van der Waals surface area contributed by atoms with Gasteiger partial charge in [-0.25, -0.2) is 0 Å². The Bertz CT molecular complexity index is 357. The van der Waals surface area contributed by atoms with Crippen LogP contribution in [0.25, 0.3) is 0 Å². The van der Waals surface area contributed by atoms with E-state index in [1.165, 1.54) is 12.8 Å². The lowest BCUT2D eigenvalue weighted by Crippen LogP contribution is -2.51. The smallest absolute Gasteiger partial charge is 0.374 e. The first-order chi connectivity index (χ1) is 13.5. The monoisotopic (exact) mass is 436 g/mol. The highest BCUT2D eigenvalue weighted by Crippen LogP contribution is 2.43. The molecule has 0 aliphatic heterocycles. The number of hydrogen-bond donors (Lipinski definition) is 0. The first kappa shape index (κ1) is 26.2. The van der Waals surface area contributed by atoms with Gasteiger partial charge in [0.1, 0.15) is 0 Å². The molecule has 1 aliphatic rings. The maximum atomic E-state index is 6.14. The highest BCUT2D eigenvalue weighted by molar-refractivity contribution is 6.62. The van der Waals surface area contributed by atoms with Crippen molar-refractivity contribution in [1.82, 2.24) is 0 Å². The molecule has 0 saturated heterocycles. The normalized spacial score (nSPS) is 21.2. The van der Waals surface area contributed by atoms with Gasteiger partial charge in [0.2, 0.25) is 0 Å². The summed E-state index contributed by atoms with van der Waals surface area (Å²) in [4.78, 5) is 0. The van der Waals surface area contributed by atoms with E-state index in [0.717, 1.165) is 25.3 Å². The molecule has 0 bridgehead atoms. The first-order valence-corrected chi connectivity index (χ1v) is 15.1. The van der Waals surface area contributed by atoms with E-state index in [4.69, 9.17) is 26.6 Å². The summed E-state index contributed by atoms with van der Waals surface area (Å²) in [7, 11) is -5.12. The highest BCUT2D eigenvalue weighted by atomic mass is 28.4. The summed E-state index contributed by atoms with van der Waals surface area (Å²) in [5.41, 5.74) is 0.413. The zero-order valence-electron chi connectivity index (χ0n) is 19.1. The molecule has 1 aliphatic carbocycles. The van der Waals surface area contributed by atoms with E-state index in [9.17, 15) is 0 Å². The molecule has 0 aromatic carbocycles. The van der Waals surface area contributed by atoms with Crippen LogP contribution in [0.2, 0.25) is 11.6 Å². The molecule has 28 heavy (non-hydrogen) atoms. The maximum absolute atomic E-state index is 6.14. The van der Waals surface area contributed by atoms with Gasteiger partial charge in [-0.3, -0.25) is 0 Å². The lowest BCUT2D eigenvalue weighted by atomic mass is 9.87. The Morgan fingerprint density at radius 2 is 0.964 bits per heavy atom. The van der Waals surface area contributed by atoms with Gasteiger partial charge >= 0.3 is 17.6 Å². The van der Waals surface area contributed by atoms with Crippen molar-refractivity contribution in [2.45, 2.75) is 85.2 Å². The maximum Gasteiger partial charge on any atom is 0.504 e. The van der Waals surface area contributed by atoms with Gasteiger partial charge in [-0.15, -0.1) is 0 Å². The lowest BCUT2D eigenvalue weighted by Gasteiger charge is -2.39. The van der Waals surface area contributed by atoms with Crippen LogP contribution in [0, 0.1) is 5.92 Å². The standard InChI is InChI=1S/C20H44O6Si2/c1-7-21-27(22-8-2,23-9-3)18-17-19-13-15-20(16-14-19)28(24-10-4,25-11-5)26-12-6/h19-20H,7-18H2,1-6H3. The summed E-state index contributed by atoms with van der Waals surface area (Å²) in [5.74, 6) is 0.682. The zero-order valence-corrected chi connectivity index (χ0v) is 21.1. The molecule has 0 radical (unpaired) electrons. The molecular weight excluding hydrogens is 392 g/mol. The summed E-state index contributed by atoms with van der Waals surface area (Å²) < 4.78 is 36.5. The molecule has 0 unspecified atom stereocenters. The summed E-state index contributed by atoms with van der Waals surface area (Å²) in [6.07, 6.45) is 5.70. The first-order valence-electron chi connectivity index (χ1n) is 11.4. The molecule has 0 aromatic heterocycles. The third kappa shape index (κ3) is 7.79. The highest BCUT2D eigenvalue weighted by Gasteiger charge is 2.50. The molecule has 1 fully saturated rings. The van der Waals surface area contributed by atoms with Gasteiger partial charge in [-0.2, -0.15) is 0 Å². The van der Waals surface area contributed by atoms with Gasteiger partial charge < -0.3 is 26.6 Å².